The van der Waals surface area contributed by atoms with Gasteiger partial charge in [0, 0.05) is 49.0 Å². The molecule has 0 bridgehead atoms. The molecule has 0 radical (unpaired) electrons. The van der Waals surface area contributed by atoms with Crippen molar-refractivity contribution in [2.75, 3.05) is 0 Å². The van der Waals surface area contributed by atoms with E-state index in [2.05, 4.69) is 20.6 Å². The van der Waals surface area contributed by atoms with Crippen molar-refractivity contribution >= 4 is 35.8 Å². The Balaban J connectivity index is 0.000000201. The Kier molecular flexibility index (Phi) is 14.0. The van der Waals surface area contributed by atoms with Crippen LogP contribution in [0, 0.1) is 0 Å². The molecule has 0 saturated carbocycles. The summed E-state index contributed by atoms with van der Waals surface area (Å²) in [5, 5.41) is 5.56. The van der Waals surface area contributed by atoms with E-state index >= 15 is 0 Å². The van der Waals surface area contributed by atoms with Crippen LogP contribution >= 0.6 is 0 Å². The smallest absolute Gasteiger partial charge is 0.407 e. The maximum Gasteiger partial charge on any atom is 0.407 e. The molecule has 348 valence electrons. The fourth-order valence-electron chi connectivity index (χ4n) is 7.94. The van der Waals surface area contributed by atoms with E-state index in [-0.39, 0.29) is 23.6 Å². The number of rotatable bonds is 10. The van der Waals surface area contributed by atoms with Gasteiger partial charge >= 0.3 is 12.2 Å². The number of imide groups is 2. The number of pyridine rings is 2. The molecule has 8 rings (SSSR count). The van der Waals surface area contributed by atoms with Crippen molar-refractivity contribution in [3.63, 3.8) is 0 Å². The normalized spacial score (nSPS) is 14.1. The summed E-state index contributed by atoms with van der Waals surface area (Å²) in [6.45, 7) is 15.2. The van der Waals surface area contributed by atoms with Crippen LogP contribution in [0.1, 0.15) is 131 Å². The van der Waals surface area contributed by atoms with Gasteiger partial charge in [0.1, 0.15) is 11.2 Å². The molecule has 0 fully saturated rings. The summed E-state index contributed by atoms with van der Waals surface area (Å²) in [4.78, 5) is 86.5. The fourth-order valence-corrected chi connectivity index (χ4v) is 7.94. The van der Waals surface area contributed by atoms with Crippen LogP contribution in [0.5, 0.6) is 0 Å². The van der Waals surface area contributed by atoms with Crippen LogP contribution < -0.4 is 10.6 Å². The van der Waals surface area contributed by atoms with Gasteiger partial charge in [0.15, 0.2) is 0 Å². The Morgan fingerprint density at radius 3 is 1.09 bits per heavy atom. The number of fused-ring (bicyclic) bond motifs is 2. The van der Waals surface area contributed by atoms with Gasteiger partial charge in [-0.15, -0.1) is 0 Å². The minimum atomic E-state index is -0.572. The number of carbonyl (C=O) groups is 6. The van der Waals surface area contributed by atoms with Crippen LogP contribution in [-0.4, -0.2) is 66.8 Å². The number of nitrogens with one attached hydrogen (secondary N) is 2. The van der Waals surface area contributed by atoms with Gasteiger partial charge in [-0.3, -0.25) is 38.9 Å². The molecule has 6 amide bonds. The molecule has 6 aromatic rings. The molecule has 2 aliphatic heterocycles. The van der Waals surface area contributed by atoms with E-state index in [1.807, 2.05) is 116 Å². The number of carbonyl (C=O) groups excluding carboxylic acids is 6. The Labute approximate surface area is 395 Å². The number of amides is 6. The second-order valence-corrected chi connectivity index (χ2v) is 18.4. The van der Waals surface area contributed by atoms with E-state index in [9.17, 15) is 28.8 Å². The topological polar surface area (TPSA) is 177 Å². The third-order valence-electron chi connectivity index (χ3n) is 11.3. The lowest BCUT2D eigenvalue weighted by molar-refractivity contribution is 0.0512. The quantitative estimate of drug-likeness (QED) is 0.126. The largest absolute Gasteiger partial charge is 0.444 e. The highest BCUT2D eigenvalue weighted by atomic mass is 16.6. The summed E-state index contributed by atoms with van der Waals surface area (Å²) >= 11 is 0. The molecule has 2 aromatic heterocycles. The highest BCUT2D eigenvalue weighted by Gasteiger charge is 2.40. The molecule has 0 aliphatic carbocycles. The zero-order valence-electron chi connectivity index (χ0n) is 39.3. The Morgan fingerprint density at radius 2 is 0.794 bits per heavy atom. The van der Waals surface area contributed by atoms with Gasteiger partial charge < -0.3 is 20.1 Å². The van der Waals surface area contributed by atoms with Gasteiger partial charge in [-0.2, -0.15) is 0 Å². The number of hydrogen-bond donors (Lipinski definition) is 2. The van der Waals surface area contributed by atoms with E-state index in [1.165, 1.54) is 9.80 Å². The van der Waals surface area contributed by atoms with E-state index in [0.29, 0.717) is 35.3 Å². The van der Waals surface area contributed by atoms with Crippen LogP contribution in [-0.2, 0) is 22.6 Å². The van der Waals surface area contributed by atoms with Crippen molar-refractivity contribution < 1.29 is 38.2 Å². The summed E-state index contributed by atoms with van der Waals surface area (Å²) in [5.74, 6) is -1.11. The molecule has 4 heterocycles. The Bertz CT molecular complexity index is 2620. The van der Waals surface area contributed by atoms with E-state index in [4.69, 9.17) is 9.47 Å². The monoisotopic (exact) mass is 914 g/mol. The summed E-state index contributed by atoms with van der Waals surface area (Å²) in [6.07, 6.45) is 5.87. The third kappa shape index (κ3) is 10.8. The molecule has 2 aliphatic rings. The second-order valence-electron chi connectivity index (χ2n) is 18.4. The molecule has 68 heavy (non-hydrogen) atoms. The molecule has 0 saturated heterocycles. The average molecular weight is 915 g/mol. The predicted molar refractivity (Wildman–Crippen MR) is 256 cm³/mol. The highest BCUT2D eigenvalue weighted by Crippen LogP contribution is 2.34. The van der Waals surface area contributed by atoms with Gasteiger partial charge in [-0.05, 0) is 125 Å². The lowest BCUT2D eigenvalue weighted by Gasteiger charge is -2.23. The first-order valence-electron chi connectivity index (χ1n) is 22.2. The van der Waals surface area contributed by atoms with Crippen molar-refractivity contribution in [3.8, 4) is 22.3 Å². The standard InChI is InChI=1S/2C27H27N3O4/c2*1-17(30-24(31)21-7-5-6-8-22(21)25(30)32)18-9-11-19(12-10-18)23-16-28-14-13-20(23)15-29-26(33)34-27(2,3)4/h2*5-14,16-17H,15H2,1-4H3,(H,29,33)/t2*17-/m11/s1. The van der Waals surface area contributed by atoms with E-state index < -0.39 is 35.5 Å². The van der Waals surface area contributed by atoms with Crippen LogP contribution in [0.2, 0.25) is 0 Å². The molecule has 2 atom stereocenters. The summed E-state index contributed by atoms with van der Waals surface area (Å²) < 4.78 is 10.6. The van der Waals surface area contributed by atoms with Crippen LogP contribution in [0.3, 0.4) is 0 Å². The lowest BCUT2D eigenvalue weighted by atomic mass is 9.98. The number of benzene rings is 4. The number of ether oxygens (including phenoxy) is 2. The molecular formula is C54H54N6O8. The number of nitrogens with zero attached hydrogens (tertiary/aromatic N) is 4. The summed E-state index contributed by atoms with van der Waals surface area (Å²) in [5.41, 5.74) is 7.64. The molecule has 4 aromatic carbocycles. The van der Waals surface area contributed by atoms with Gasteiger partial charge in [0.05, 0.1) is 34.3 Å². The van der Waals surface area contributed by atoms with Crippen molar-refractivity contribution in [1.29, 1.82) is 0 Å². The minimum Gasteiger partial charge on any atom is -0.444 e. The van der Waals surface area contributed by atoms with Crippen molar-refractivity contribution in [1.82, 2.24) is 30.4 Å². The molecule has 14 heteroatoms. The van der Waals surface area contributed by atoms with E-state index in [1.54, 1.807) is 73.3 Å². The minimum absolute atomic E-state index is 0.278. The Hall–Kier alpha value is -8.00. The third-order valence-corrected chi connectivity index (χ3v) is 11.3. The molecule has 2 N–H and O–H groups in total. The molecule has 14 nitrogen and oxygen atoms in total. The predicted octanol–water partition coefficient (Wildman–Crippen LogP) is 10.3. The average Bonchev–Trinajstić information content (AvgIpc) is 3.72. The fraction of sp³-hybridized carbons (Fsp3) is 0.259. The first kappa shape index (κ1) is 47.9. The van der Waals surface area contributed by atoms with E-state index in [0.717, 1.165) is 44.5 Å². The maximum absolute atomic E-state index is 12.8. The summed E-state index contributed by atoms with van der Waals surface area (Å²) in [7, 11) is 0. The van der Waals surface area contributed by atoms with Gasteiger partial charge in [0.25, 0.3) is 23.6 Å². The van der Waals surface area contributed by atoms with Crippen molar-refractivity contribution in [2.24, 2.45) is 0 Å². The van der Waals surface area contributed by atoms with Crippen LogP contribution in [0.4, 0.5) is 9.59 Å². The van der Waals surface area contributed by atoms with Crippen molar-refractivity contribution in [3.05, 3.63) is 178 Å². The zero-order valence-corrected chi connectivity index (χ0v) is 39.3. The van der Waals surface area contributed by atoms with Crippen LogP contribution in [0.15, 0.2) is 134 Å². The summed E-state index contributed by atoms with van der Waals surface area (Å²) in [6, 6.07) is 32.0. The highest BCUT2D eigenvalue weighted by molar-refractivity contribution is 6.22. The first-order valence-corrected chi connectivity index (χ1v) is 22.2. The second kappa shape index (κ2) is 19.8. The molecular weight excluding hydrogens is 861 g/mol. The zero-order chi connectivity index (χ0) is 48.9. The van der Waals surface area contributed by atoms with Crippen molar-refractivity contribution in [2.45, 2.75) is 91.8 Å². The maximum atomic E-state index is 12.8. The Morgan fingerprint density at radius 1 is 0.485 bits per heavy atom. The number of alkyl carbamates (subject to hydrolysis) is 2. The number of hydrogen-bond acceptors (Lipinski definition) is 10. The van der Waals surface area contributed by atoms with Crippen LogP contribution in [0.25, 0.3) is 22.3 Å². The SMILES string of the molecule is C[C@H](c1ccc(-c2cnccc2CNC(=O)OC(C)(C)C)cc1)N1C(=O)c2ccccc2C1=O.C[C@H](c1ccc(-c2cnccc2CNC(=O)OC(C)(C)C)cc1)N1C(=O)c2ccccc2C1=O. The molecule has 0 spiro atoms. The first-order chi connectivity index (χ1) is 32.3. The lowest BCUT2D eigenvalue weighted by Crippen LogP contribution is -2.32. The van der Waals surface area contributed by atoms with Gasteiger partial charge in [-0.1, -0.05) is 72.8 Å². The van der Waals surface area contributed by atoms with Gasteiger partial charge in [0.2, 0.25) is 0 Å². The van der Waals surface area contributed by atoms with Gasteiger partial charge in [-0.25, -0.2) is 9.59 Å². The molecule has 0 unspecified atom stereocenters. The number of aromatic nitrogens is 2.